The molecule has 0 saturated heterocycles. The van der Waals surface area contributed by atoms with Gasteiger partial charge in [-0.1, -0.05) is 11.6 Å². The van der Waals surface area contributed by atoms with Crippen molar-refractivity contribution in [2.45, 2.75) is 0 Å². The van der Waals surface area contributed by atoms with Crippen molar-refractivity contribution in [2.75, 3.05) is 0 Å². The summed E-state index contributed by atoms with van der Waals surface area (Å²) >= 11 is 5.69. The fourth-order valence-electron chi connectivity index (χ4n) is 1.39. The fraction of sp³-hybridized carbons (Fsp3) is 0. The quantitative estimate of drug-likeness (QED) is 0.676. The van der Waals surface area contributed by atoms with E-state index in [0.717, 1.165) is 0 Å². The molecule has 0 radical (unpaired) electrons. The molecule has 2 aromatic carbocycles. The van der Waals surface area contributed by atoms with Gasteiger partial charge in [0.25, 0.3) is 0 Å². The van der Waals surface area contributed by atoms with Gasteiger partial charge in [-0.25, -0.2) is 9.59 Å². The predicted molar refractivity (Wildman–Crippen MR) is 69.3 cm³/mol. The van der Waals surface area contributed by atoms with Gasteiger partial charge in [0, 0.05) is 5.02 Å². The zero-order chi connectivity index (χ0) is 13.8. The summed E-state index contributed by atoms with van der Waals surface area (Å²) in [5.41, 5.74) is 0.414. The second kappa shape index (κ2) is 5.54. The Hall–Kier alpha value is -2.33. The number of ether oxygens (including phenoxy) is 1. The van der Waals surface area contributed by atoms with E-state index in [1.165, 1.54) is 48.5 Å². The molecule has 0 saturated carbocycles. The molecular weight excluding hydrogens is 268 g/mol. The van der Waals surface area contributed by atoms with Gasteiger partial charge in [0.15, 0.2) is 0 Å². The third-order valence-electron chi connectivity index (χ3n) is 2.37. The topological polar surface area (TPSA) is 63.6 Å². The lowest BCUT2D eigenvalue weighted by molar-refractivity contribution is 0.0398. The Morgan fingerprint density at radius 1 is 0.842 bits per heavy atom. The maximum atomic E-state index is 11.7. The van der Waals surface area contributed by atoms with Crippen molar-refractivity contribution in [3.63, 3.8) is 0 Å². The van der Waals surface area contributed by atoms with Crippen molar-refractivity contribution < 1.29 is 19.4 Å². The lowest BCUT2D eigenvalue weighted by Crippen LogP contribution is -2.12. The first-order valence-corrected chi connectivity index (χ1v) is 5.75. The summed E-state index contributed by atoms with van der Waals surface area (Å²) in [6.07, 6.45) is 0. The maximum absolute atomic E-state index is 11.7. The number of carbonyl (C=O) groups is 2. The Morgan fingerprint density at radius 3 is 1.74 bits per heavy atom. The third-order valence-corrected chi connectivity index (χ3v) is 2.62. The molecule has 0 aliphatic carbocycles. The first-order valence-electron chi connectivity index (χ1n) is 5.37. The summed E-state index contributed by atoms with van der Waals surface area (Å²) in [4.78, 5) is 23.3. The minimum absolute atomic E-state index is 0.0283. The fourth-order valence-corrected chi connectivity index (χ4v) is 1.51. The second-order valence-electron chi connectivity index (χ2n) is 3.73. The Morgan fingerprint density at radius 2 is 1.26 bits per heavy atom. The van der Waals surface area contributed by atoms with E-state index in [2.05, 4.69) is 0 Å². The zero-order valence-corrected chi connectivity index (χ0v) is 10.4. The molecule has 0 amide bonds. The number of halogens is 1. The van der Waals surface area contributed by atoms with E-state index in [9.17, 15) is 9.59 Å². The number of rotatable bonds is 2. The molecule has 1 N–H and O–H groups in total. The molecule has 2 aromatic rings. The summed E-state index contributed by atoms with van der Waals surface area (Å²) in [6.45, 7) is 0. The Labute approximate surface area is 114 Å². The molecular formula is C14H9ClO4. The standard InChI is InChI=1S/C14H9ClO4/c15-11-5-1-9(2-6-11)13(17)19-14(18)10-3-7-12(16)8-4-10/h1-8,16H. The molecule has 0 heterocycles. The van der Waals surface area contributed by atoms with Crippen molar-refractivity contribution in [1.82, 2.24) is 0 Å². The maximum Gasteiger partial charge on any atom is 0.346 e. The van der Waals surface area contributed by atoms with Gasteiger partial charge in [-0.15, -0.1) is 0 Å². The number of phenolic OH excluding ortho intramolecular Hbond substituents is 1. The van der Waals surface area contributed by atoms with Gasteiger partial charge in [-0.3, -0.25) is 0 Å². The van der Waals surface area contributed by atoms with E-state index in [0.29, 0.717) is 5.02 Å². The smallest absolute Gasteiger partial charge is 0.346 e. The van der Waals surface area contributed by atoms with Crippen molar-refractivity contribution >= 4 is 23.5 Å². The molecule has 0 bridgehead atoms. The second-order valence-corrected chi connectivity index (χ2v) is 4.17. The van der Waals surface area contributed by atoms with Crippen LogP contribution >= 0.6 is 11.6 Å². The van der Waals surface area contributed by atoms with E-state index in [1.807, 2.05) is 0 Å². The van der Waals surface area contributed by atoms with Crippen LogP contribution in [0.5, 0.6) is 5.75 Å². The molecule has 0 atom stereocenters. The summed E-state index contributed by atoms with van der Waals surface area (Å²) in [5.74, 6) is -1.50. The van der Waals surface area contributed by atoms with Crippen LogP contribution in [0.3, 0.4) is 0 Å². The van der Waals surface area contributed by atoms with Crippen molar-refractivity contribution in [2.24, 2.45) is 0 Å². The van der Waals surface area contributed by atoms with Crippen LogP contribution in [0.15, 0.2) is 48.5 Å². The predicted octanol–water partition coefficient (Wildman–Crippen LogP) is 3.04. The van der Waals surface area contributed by atoms with Crippen LogP contribution in [0.2, 0.25) is 5.02 Å². The molecule has 19 heavy (non-hydrogen) atoms. The number of hydrogen-bond acceptors (Lipinski definition) is 4. The van der Waals surface area contributed by atoms with Gasteiger partial charge < -0.3 is 9.84 Å². The highest BCUT2D eigenvalue weighted by atomic mass is 35.5. The molecule has 0 fully saturated rings. The molecule has 5 heteroatoms. The number of benzene rings is 2. The Bertz CT molecular complexity index is 547. The van der Waals surface area contributed by atoms with E-state index < -0.39 is 11.9 Å². The van der Waals surface area contributed by atoms with Crippen LogP contribution < -0.4 is 0 Å². The number of hydrogen-bond donors (Lipinski definition) is 1. The zero-order valence-electron chi connectivity index (χ0n) is 9.67. The van der Waals surface area contributed by atoms with E-state index >= 15 is 0 Å². The monoisotopic (exact) mass is 276 g/mol. The summed E-state index contributed by atoms with van der Waals surface area (Å²) < 4.78 is 4.70. The largest absolute Gasteiger partial charge is 0.508 e. The summed E-state index contributed by atoms with van der Waals surface area (Å²) in [5, 5.41) is 9.58. The molecule has 0 aliphatic rings. The lowest BCUT2D eigenvalue weighted by atomic mass is 10.2. The average Bonchev–Trinajstić information content (AvgIpc) is 2.40. The highest BCUT2D eigenvalue weighted by Crippen LogP contribution is 2.13. The third kappa shape index (κ3) is 3.33. The Balaban J connectivity index is 2.08. The van der Waals surface area contributed by atoms with Crippen LogP contribution in [0.4, 0.5) is 0 Å². The average molecular weight is 277 g/mol. The molecule has 4 nitrogen and oxygen atoms in total. The number of esters is 2. The van der Waals surface area contributed by atoms with Crippen molar-refractivity contribution in [1.29, 1.82) is 0 Å². The van der Waals surface area contributed by atoms with Crippen LogP contribution in [-0.4, -0.2) is 17.0 Å². The van der Waals surface area contributed by atoms with Gasteiger partial charge in [-0.2, -0.15) is 0 Å². The molecule has 0 aromatic heterocycles. The molecule has 96 valence electrons. The lowest BCUT2D eigenvalue weighted by Gasteiger charge is -2.03. The van der Waals surface area contributed by atoms with Gasteiger partial charge in [0.05, 0.1) is 11.1 Å². The van der Waals surface area contributed by atoms with Crippen molar-refractivity contribution in [3.8, 4) is 5.75 Å². The van der Waals surface area contributed by atoms with E-state index in [-0.39, 0.29) is 16.9 Å². The number of carbonyl (C=O) groups excluding carboxylic acids is 2. The number of aromatic hydroxyl groups is 1. The van der Waals surface area contributed by atoms with Crippen molar-refractivity contribution in [3.05, 3.63) is 64.7 Å². The van der Waals surface area contributed by atoms with E-state index in [4.69, 9.17) is 21.4 Å². The van der Waals surface area contributed by atoms with Crippen LogP contribution in [0.25, 0.3) is 0 Å². The van der Waals surface area contributed by atoms with Gasteiger partial charge in [-0.05, 0) is 48.5 Å². The molecule has 0 spiro atoms. The van der Waals surface area contributed by atoms with Gasteiger partial charge in [0.2, 0.25) is 0 Å². The molecule has 0 unspecified atom stereocenters. The SMILES string of the molecule is O=C(OC(=O)c1ccc(Cl)cc1)c1ccc(O)cc1. The number of phenols is 1. The highest BCUT2D eigenvalue weighted by Gasteiger charge is 2.14. The summed E-state index contributed by atoms with van der Waals surface area (Å²) in [7, 11) is 0. The van der Waals surface area contributed by atoms with Crippen LogP contribution in [0.1, 0.15) is 20.7 Å². The minimum atomic E-state index is -0.778. The molecule has 0 aliphatic heterocycles. The van der Waals surface area contributed by atoms with E-state index in [1.54, 1.807) is 0 Å². The van der Waals surface area contributed by atoms with Crippen LogP contribution in [-0.2, 0) is 4.74 Å². The van der Waals surface area contributed by atoms with Crippen LogP contribution in [0, 0.1) is 0 Å². The molecule has 2 rings (SSSR count). The van der Waals surface area contributed by atoms with Gasteiger partial charge >= 0.3 is 11.9 Å². The Kier molecular flexibility index (Phi) is 3.82. The first kappa shape index (κ1) is 13.1. The first-order chi connectivity index (χ1) is 9.06. The minimum Gasteiger partial charge on any atom is -0.508 e. The highest BCUT2D eigenvalue weighted by molar-refractivity contribution is 6.30. The normalized spacial score (nSPS) is 9.95. The van der Waals surface area contributed by atoms with Gasteiger partial charge in [0.1, 0.15) is 5.75 Å². The summed E-state index contributed by atoms with van der Waals surface area (Å²) in [6, 6.07) is 11.4.